The summed E-state index contributed by atoms with van der Waals surface area (Å²) in [6.07, 6.45) is 1.40. The second kappa shape index (κ2) is 7.39. The molecule has 0 saturated carbocycles. The maximum absolute atomic E-state index is 12.6. The van der Waals surface area contributed by atoms with Crippen LogP contribution in [0.2, 0.25) is 0 Å². The van der Waals surface area contributed by atoms with E-state index in [0.29, 0.717) is 19.6 Å². The number of methoxy groups -OCH3 is 1. The highest BCUT2D eigenvalue weighted by atomic mass is 16.5. The number of para-hydroxylation sites is 1. The van der Waals surface area contributed by atoms with Crippen molar-refractivity contribution in [2.24, 2.45) is 0 Å². The van der Waals surface area contributed by atoms with E-state index in [2.05, 4.69) is 6.07 Å². The topological polar surface area (TPSA) is 38.8 Å². The van der Waals surface area contributed by atoms with Crippen LogP contribution >= 0.6 is 0 Å². The highest BCUT2D eigenvalue weighted by Gasteiger charge is 2.24. The third-order valence-corrected chi connectivity index (χ3v) is 4.48. The third-order valence-electron chi connectivity index (χ3n) is 4.48. The largest absolute Gasteiger partial charge is 0.497 e. The molecule has 3 rings (SSSR count). The smallest absolute Gasteiger partial charge is 0.223 e. The molecule has 0 N–H and O–H groups in total. The van der Waals surface area contributed by atoms with E-state index in [1.54, 1.807) is 12.0 Å². The molecule has 2 aromatic rings. The Hall–Kier alpha value is -2.49. The summed E-state index contributed by atoms with van der Waals surface area (Å²) in [5, 5.41) is 0. The molecule has 0 unspecified atom stereocenters. The molecular weight excluding hydrogens is 302 g/mol. The van der Waals surface area contributed by atoms with E-state index in [9.17, 15) is 4.79 Å². The second-order valence-electron chi connectivity index (χ2n) is 6.18. The summed E-state index contributed by atoms with van der Waals surface area (Å²) in [5.41, 5.74) is 2.21. The number of fused-ring (bicyclic) bond motifs is 1. The van der Waals surface area contributed by atoms with Crippen LogP contribution in [0.3, 0.4) is 0 Å². The normalized spacial score (nSPS) is 16.0. The fraction of sp³-hybridized carbons (Fsp3) is 0.350. The minimum atomic E-state index is 0.152. The Kier molecular flexibility index (Phi) is 5.04. The summed E-state index contributed by atoms with van der Waals surface area (Å²) in [6.45, 7) is 1.26. The van der Waals surface area contributed by atoms with Gasteiger partial charge in [0.05, 0.1) is 13.7 Å². The number of nitrogens with zero attached hydrogens (tertiary/aromatic N) is 1. The van der Waals surface area contributed by atoms with E-state index in [-0.39, 0.29) is 11.8 Å². The quantitative estimate of drug-likeness (QED) is 0.843. The molecule has 0 aromatic heterocycles. The molecule has 0 saturated heterocycles. The summed E-state index contributed by atoms with van der Waals surface area (Å²) in [6, 6.07) is 15.8. The van der Waals surface area contributed by atoms with Crippen LogP contribution in [-0.4, -0.2) is 31.6 Å². The number of carbonyl (C=O) groups is 1. The van der Waals surface area contributed by atoms with Crippen LogP contribution in [0.4, 0.5) is 0 Å². The van der Waals surface area contributed by atoms with E-state index < -0.39 is 0 Å². The molecule has 1 heterocycles. The summed E-state index contributed by atoms with van der Waals surface area (Å²) < 4.78 is 10.9. The molecular formula is C20H23NO3. The van der Waals surface area contributed by atoms with Gasteiger partial charge in [-0.25, -0.2) is 0 Å². The summed E-state index contributed by atoms with van der Waals surface area (Å²) in [7, 11) is 3.50. The SMILES string of the molecule is COc1cccc(CN(C)C(=O)C[C@@H]2CCOc3ccccc32)c1. The van der Waals surface area contributed by atoms with E-state index in [1.807, 2.05) is 49.5 Å². The number of carbonyl (C=O) groups excluding carboxylic acids is 1. The van der Waals surface area contributed by atoms with Crippen molar-refractivity contribution in [3.8, 4) is 11.5 Å². The summed E-state index contributed by atoms with van der Waals surface area (Å²) in [5.74, 6) is 2.11. The van der Waals surface area contributed by atoms with Gasteiger partial charge in [-0.15, -0.1) is 0 Å². The fourth-order valence-electron chi connectivity index (χ4n) is 3.13. The number of benzene rings is 2. The van der Waals surface area contributed by atoms with Gasteiger partial charge in [-0.3, -0.25) is 4.79 Å². The molecule has 4 heteroatoms. The molecule has 0 fully saturated rings. The van der Waals surface area contributed by atoms with Gasteiger partial charge in [0, 0.05) is 20.0 Å². The zero-order chi connectivity index (χ0) is 16.9. The predicted octanol–water partition coefficient (Wildman–Crippen LogP) is 3.61. The molecule has 1 amide bonds. The van der Waals surface area contributed by atoms with Crippen LogP contribution in [0, 0.1) is 0 Å². The van der Waals surface area contributed by atoms with E-state index in [0.717, 1.165) is 29.0 Å². The predicted molar refractivity (Wildman–Crippen MR) is 93.4 cm³/mol. The first-order valence-corrected chi connectivity index (χ1v) is 8.26. The molecule has 1 atom stereocenters. The zero-order valence-corrected chi connectivity index (χ0v) is 14.2. The molecule has 2 aromatic carbocycles. The Morgan fingerprint density at radius 3 is 2.92 bits per heavy atom. The monoisotopic (exact) mass is 325 g/mol. The summed E-state index contributed by atoms with van der Waals surface area (Å²) in [4.78, 5) is 14.4. The van der Waals surface area contributed by atoms with Crippen LogP contribution in [0.1, 0.15) is 29.9 Å². The van der Waals surface area contributed by atoms with Gasteiger partial charge in [-0.2, -0.15) is 0 Å². The first-order valence-electron chi connectivity index (χ1n) is 8.26. The van der Waals surface area contributed by atoms with Gasteiger partial charge in [-0.1, -0.05) is 30.3 Å². The van der Waals surface area contributed by atoms with Gasteiger partial charge in [0.15, 0.2) is 0 Å². The highest BCUT2D eigenvalue weighted by molar-refractivity contribution is 5.77. The summed E-state index contributed by atoms with van der Waals surface area (Å²) >= 11 is 0. The average molecular weight is 325 g/mol. The van der Waals surface area contributed by atoms with Gasteiger partial charge in [0.1, 0.15) is 11.5 Å². The standard InChI is InChI=1S/C20H23NO3/c1-21(14-15-6-5-7-17(12-15)23-2)20(22)13-16-10-11-24-19-9-4-3-8-18(16)19/h3-9,12,16H,10-11,13-14H2,1-2H3/t16-/m0/s1. The van der Waals surface area contributed by atoms with Crippen LogP contribution in [-0.2, 0) is 11.3 Å². The van der Waals surface area contributed by atoms with Crippen molar-refractivity contribution in [1.29, 1.82) is 0 Å². The Morgan fingerprint density at radius 2 is 2.08 bits per heavy atom. The molecule has 24 heavy (non-hydrogen) atoms. The van der Waals surface area contributed by atoms with Crippen LogP contribution in [0.5, 0.6) is 11.5 Å². The van der Waals surface area contributed by atoms with E-state index >= 15 is 0 Å². The van der Waals surface area contributed by atoms with Crippen molar-refractivity contribution >= 4 is 5.91 Å². The Labute approximate surface area is 143 Å². The van der Waals surface area contributed by atoms with Gasteiger partial charge < -0.3 is 14.4 Å². The zero-order valence-electron chi connectivity index (χ0n) is 14.2. The lowest BCUT2D eigenvalue weighted by molar-refractivity contribution is -0.131. The maximum atomic E-state index is 12.6. The number of ether oxygens (including phenoxy) is 2. The van der Waals surface area contributed by atoms with E-state index in [1.165, 1.54) is 0 Å². The third kappa shape index (κ3) is 3.70. The molecule has 1 aliphatic rings. The highest BCUT2D eigenvalue weighted by Crippen LogP contribution is 2.35. The number of rotatable bonds is 5. The maximum Gasteiger partial charge on any atom is 0.223 e. The van der Waals surface area contributed by atoms with Crippen molar-refractivity contribution in [3.05, 3.63) is 59.7 Å². The van der Waals surface area contributed by atoms with Crippen LogP contribution in [0.25, 0.3) is 0 Å². The minimum absolute atomic E-state index is 0.152. The van der Waals surface area contributed by atoms with Gasteiger partial charge in [0.2, 0.25) is 5.91 Å². The average Bonchev–Trinajstić information content (AvgIpc) is 2.62. The first-order chi connectivity index (χ1) is 11.7. The second-order valence-corrected chi connectivity index (χ2v) is 6.18. The molecule has 4 nitrogen and oxygen atoms in total. The Bertz CT molecular complexity index is 714. The number of hydrogen-bond acceptors (Lipinski definition) is 3. The molecule has 126 valence electrons. The number of hydrogen-bond donors (Lipinski definition) is 0. The Balaban J connectivity index is 1.64. The van der Waals surface area contributed by atoms with Crippen molar-refractivity contribution in [1.82, 2.24) is 4.90 Å². The minimum Gasteiger partial charge on any atom is -0.497 e. The van der Waals surface area contributed by atoms with Crippen molar-refractivity contribution in [2.75, 3.05) is 20.8 Å². The van der Waals surface area contributed by atoms with E-state index in [4.69, 9.17) is 9.47 Å². The van der Waals surface area contributed by atoms with Crippen molar-refractivity contribution in [3.63, 3.8) is 0 Å². The van der Waals surface area contributed by atoms with Gasteiger partial charge >= 0.3 is 0 Å². The van der Waals surface area contributed by atoms with Crippen molar-refractivity contribution in [2.45, 2.75) is 25.3 Å². The molecule has 0 radical (unpaired) electrons. The lowest BCUT2D eigenvalue weighted by Crippen LogP contribution is -2.29. The lowest BCUT2D eigenvalue weighted by atomic mass is 9.90. The molecule has 0 bridgehead atoms. The Morgan fingerprint density at radius 1 is 1.25 bits per heavy atom. The van der Waals surface area contributed by atoms with Crippen LogP contribution in [0.15, 0.2) is 48.5 Å². The number of amides is 1. The molecule has 0 spiro atoms. The molecule has 0 aliphatic carbocycles. The lowest BCUT2D eigenvalue weighted by Gasteiger charge is -2.27. The van der Waals surface area contributed by atoms with Gasteiger partial charge in [-0.05, 0) is 41.7 Å². The fourth-order valence-corrected chi connectivity index (χ4v) is 3.13. The van der Waals surface area contributed by atoms with Crippen molar-refractivity contribution < 1.29 is 14.3 Å². The van der Waals surface area contributed by atoms with Gasteiger partial charge in [0.25, 0.3) is 0 Å². The molecule has 1 aliphatic heterocycles. The first kappa shape index (κ1) is 16.4. The van der Waals surface area contributed by atoms with Crippen LogP contribution < -0.4 is 9.47 Å².